The van der Waals surface area contributed by atoms with Gasteiger partial charge in [0.2, 0.25) is 5.91 Å². The van der Waals surface area contributed by atoms with E-state index in [0.717, 1.165) is 63.2 Å². The van der Waals surface area contributed by atoms with Gasteiger partial charge in [-0.25, -0.2) is 8.97 Å². The van der Waals surface area contributed by atoms with Crippen LogP contribution in [0.25, 0.3) is 0 Å². The highest BCUT2D eigenvalue weighted by molar-refractivity contribution is 5.94. The molecule has 4 N–H and O–H groups in total. The van der Waals surface area contributed by atoms with Crippen molar-refractivity contribution in [2.24, 2.45) is 11.7 Å². The molecule has 2 heterocycles. The van der Waals surface area contributed by atoms with Gasteiger partial charge >= 0.3 is 0 Å². The molecule has 2 aliphatic heterocycles. The van der Waals surface area contributed by atoms with Gasteiger partial charge in [-0.05, 0) is 58.0 Å². The van der Waals surface area contributed by atoms with Crippen LogP contribution in [0.2, 0.25) is 0 Å². The Morgan fingerprint density at radius 2 is 1.91 bits per heavy atom. The molecule has 43 heavy (non-hydrogen) atoms. The van der Waals surface area contributed by atoms with Gasteiger partial charge in [0.15, 0.2) is 18.4 Å². The molecule has 2 aliphatic rings. The number of nitrogens with zero attached hydrogens (tertiary/aromatic N) is 4. The van der Waals surface area contributed by atoms with Crippen molar-refractivity contribution in [1.82, 2.24) is 25.3 Å². The SMILES string of the molecule is C=C(C)N(C)C(N)C(C(=O)NC1CNCCC1c1ccc(C(=O)N2CCN(C)CC2)cc1)C(C)[N+](C)=CC(F)CCCC. The average Bonchev–Trinajstić information content (AvgIpc) is 2.99. The molecule has 1 aromatic carbocycles. The molecule has 2 saturated heterocycles. The van der Waals surface area contributed by atoms with Crippen molar-refractivity contribution in [2.75, 3.05) is 60.4 Å². The van der Waals surface area contributed by atoms with Gasteiger partial charge in [-0.2, -0.15) is 0 Å². The summed E-state index contributed by atoms with van der Waals surface area (Å²) in [6, 6.07) is 7.36. The Hall–Kier alpha value is -2.82. The van der Waals surface area contributed by atoms with E-state index in [1.807, 2.05) is 68.9 Å². The minimum Gasteiger partial charge on any atom is -0.362 e. The summed E-state index contributed by atoms with van der Waals surface area (Å²) in [5, 5.41) is 6.73. The van der Waals surface area contributed by atoms with Crippen LogP contribution in [0.15, 0.2) is 36.5 Å². The smallest absolute Gasteiger partial charge is 0.253 e. The fourth-order valence-corrected chi connectivity index (χ4v) is 6.03. The van der Waals surface area contributed by atoms with E-state index in [1.165, 1.54) is 0 Å². The summed E-state index contributed by atoms with van der Waals surface area (Å²) in [7, 11) is 5.72. The third kappa shape index (κ3) is 9.33. The van der Waals surface area contributed by atoms with Gasteiger partial charge in [0.05, 0.1) is 6.17 Å². The van der Waals surface area contributed by atoms with Crippen LogP contribution < -0.4 is 16.4 Å². The Labute approximate surface area is 258 Å². The Morgan fingerprint density at radius 1 is 1.26 bits per heavy atom. The van der Waals surface area contributed by atoms with Crippen LogP contribution in [0.1, 0.15) is 68.3 Å². The molecule has 0 bridgehead atoms. The van der Waals surface area contributed by atoms with Gasteiger partial charge in [-0.15, -0.1) is 0 Å². The predicted octanol–water partition coefficient (Wildman–Crippen LogP) is 2.63. The summed E-state index contributed by atoms with van der Waals surface area (Å²) >= 11 is 0. The number of amides is 2. The number of hydrogen-bond acceptors (Lipinski definition) is 6. The highest BCUT2D eigenvalue weighted by Gasteiger charge is 2.40. The molecular weight excluding hydrogens is 545 g/mol. The first kappa shape index (κ1) is 34.7. The quantitative estimate of drug-likeness (QED) is 0.183. The molecule has 1 aromatic rings. The number of carbonyl (C=O) groups excluding carboxylic acids is 2. The Balaban J connectivity index is 1.78. The van der Waals surface area contributed by atoms with Gasteiger partial charge in [0.1, 0.15) is 13.0 Å². The fourth-order valence-electron chi connectivity index (χ4n) is 6.03. The van der Waals surface area contributed by atoms with Crippen LogP contribution in [0.4, 0.5) is 4.39 Å². The zero-order valence-corrected chi connectivity index (χ0v) is 27.2. The van der Waals surface area contributed by atoms with Gasteiger partial charge in [0.25, 0.3) is 5.91 Å². The first-order chi connectivity index (χ1) is 20.4. The van der Waals surface area contributed by atoms with Crippen molar-refractivity contribution in [3.05, 3.63) is 47.7 Å². The monoisotopic (exact) mass is 600 g/mol. The van der Waals surface area contributed by atoms with E-state index in [0.29, 0.717) is 18.5 Å². The lowest BCUT2D eigenvalue weighted by molar-refractivity contribution is -0.539. The van der Waals surface area contributed by atoms with E-state index in [2.05, 4.69) is 29.2 Å². The second-order valence-corrected chi connectivity index (χ2v) is 12.5. The number of nitrogens with two attached hydrogens (primary N) is 1. The largest absolute Gasteiger partial charge is 0.362 e. The van der Waals surface area contributed by atoms with E-state index in [1.54, 1.807) is 10.8 Å². The second-order valence-electron chi connectivity index (χ2n) is 12.5. The molecule has 240 valence electrons. The standard InChI is InChI=1S/C33H54FN7O2/c1-8-9-10-27(34)22-39(6)24(4)30(31(35)40(7)23(2)3)32(42)37-29-21-36-16-15-28(29)25-11-13-26(14-12-25)33(43)41-19-17-38(5)18-20-41/h11-14,22,24,27-31,36H,2,8-10,15-21,35H2,1,3-7H3/p+1. The molecule has 6 atom stereocenters. The molecular formula is C33H55FN7O2+. The zero-order valence-electron chi connectivity index (χ0n) is 27.2. The third-order valence-electron chi connectivity index (χ3n) is 9.30. The molecule has 0 radical (unpaired) electrons. The van der Waals surface area contributed by atoms with Crippen LogP contribution in [-0.2, 0) is 4.79 Å². The lowest BCUT2D eigenvalue weighted by Crippen LogP contribution is -2.59. The Morgan fingerprint density at radius 3 is 2.51 bits per heavy atom. The van der Waals surface area contributed by atoms with E-state index >= 15 is 0 Å². The average molecular weight is 601 g/mol. The van der Waals surface area contributed by atoms with E-state index in [9.17, 15) is 14.0 Å². The Bertz CT molecular complexity index is 1100. The first-order valence-corrected chi connectivity index (χ1v) is 15.9. The van der Waals surface area contributed by atoms with Gasteiger partial charge < -0.3 is 31.1 Å². The van der Waals surface area contributed by atoms with Gasteiger partial charge in [0, 0.05) is 63.0 Å². The van der Waals surface area contributed by atoms with Gasteiger partial charge in [-0.3, -0.25) is 9.59 Å². The summed E-state index contributed by atoms with van der Waals surface area (Å²) in [5.74, 6) is -0.670. The van der Waals surface area contributed by atoms with Crippen molar-refractivity contribution in [3.8, 4) is 0 Å². The molecule has 6 unspecified atom stereocenters. The maximum absolute atomic E-state index is 14.7. The minimum atomic E-state index is -1.08. The number of benzene rings is 1. The van der Waals surface area contributed by atoms with E-state index < -0.39 is 18.3 Å². The van der Waals surface area contributed by atoms with Crippen LogP contribution in [0.3, 0.4) is 0 Å². The lowest BCUT2D eigenvalue weighted by atomic mass is 9.84. The molecule has 0 aliphatic carbocycles. The van der Waals surface area contributed by atoms with E-state index in [-0.39, 0.29) is 29.8 Å². The number of likely N-dealkylation sites (N-methyl/N-ethyl adjacent to an activating group) is 1. The lowest BCUT2D eigenvalue weighted by Gasteiger charge is -2.37. The topological polar surface area (TPSA) is 97.0 Å². The number of allylic oxidation sites excluding steroid dienone is 1. The highest BCUT2D eigenvalue weighted by Crippen LogP contribution is 2.27. The number of nitrogens with one attached hydrogen (secondary N) is 2. The number of piperazine rings is 1. The van der Waals surface area contributed by atoms with Crippen molar-refractivity contribution in [2.45, 2.75) is 76.8 Å². The van der Waals surface area contributed by atoms with Crippen molar-refractivity contribution >= 4 is 18.0 Å². The zero-order chi connectivity index (χ0) is 31.7. The predicted molar refractivity (Wildman–Crippen MR) is 172 cm³/mol. The summed E-state index contributed by atoms with van der Waals surface area (Å²) in [6.45, 7) is 14.5. The summed E-state index contributed by atoms with van der Waals surface area (Å²) in [5.41, 5.74) is 9.23. The van der Waals surface area contributed by atoms with Gasteiger partial charge in [-0.1, -0.05) is 38.5 Å². The molecule has 0 spiro atoms. The number of halogens is 1. The normalized spacial score (nSPS) is 22.8. The number of alkyl halides is 1. The maximum atomic E-state index is 14.7. The van der Waals surface area contributed by atoms with Crippen molar-refractivity contribution < 1.29 is 18.6 Å². The summed E-state index contributed by atoms with van der Waals surface area (Å²) < 4.78 is 16.5. The van der Waals surface area contributed by atoms with E-state index in [4.69, 9.17) is 5.73 Å². The van der Waals surface area contributed by atoms with Crippen LogP contribution in [0, 0.1) is 5.92 Å². The van der Waals surface area contributed by atoms with Crippen molar-refractivity contribution in [3.63, 3.8) is 0 Å². The summed E-state index contributed by atoms with van der Waals surface area (Å²) in [4.78, 5) is 33.1. The van der Waals surface area contributed by atoms with Crippen LogP contribution in [-0.4, -0.2) is 122 Å². The highest BCUT2D eigenvalue weighted by atomic mass is 19.1. The number of unbranched alkanes of at least 4 members (excludes halogenated alkanes) is 1. The third-order valence-corrected chi connectivity index (χ3v) is 9.30. The molecule has 10 heteroatoms. The molecule has 9 nitrogen and oxygen atoms in total. The minimum absolute atomic E-state index is 0.0633. The molecule has 3 rings (SSSR count). The second kappa shape index (κ2) is 16.3. The molecule has 0 saturated carbocycles. The maximum Gasteiger partial charge on any atom is 0.253 e. The van der Waals surface area contributed by atoms with Crippen LogP contribution >= 0.6 is 0 Å². The molecule has 2 amide bonds. The van der Waals surface area contributed by atoms with Crippen molar-refractivity contribution in [1.29, 1.82) is 0 Å². The number of piperidine rings is 1. The molecule has 2 fully saturated rings. The van der Waals surface area contributed by atoms with Crippen LogP contribution in [0.5, 0.6) is 0 Å². The number of rotatable bonds is 13. The Kier molecular flexibility index (Phi) is 13.1. The summed E-state index contributed by atoms with van der Waals surface area (Å²) in [6.07, 6.45) is 2.89. The number of carbonyl (C=O) groups is 2. The molecule has 0 aromatic heterocycles. The number of hydrogen-bond donors (Lipinski definition) is 3. The fraction of sp³-hybridized carbons (Fsp3) is 0.667. The first-order valence-electron chi connectivity index (χ1n) is 15.9.